The van der Waals surface area contributed by atoms with Crippen LogP contribution >= 0.6 is 0 Å². The normalized spacial score (nSPS) is 8.60. The maximum absolute atomic E-state index is 9.98. The molecule has 15 heavy (non-hydrogen) atoms. The molecule has 1 N–H and O–H groups in total. The molecule has 0 unspecified atom stereocenters. The summed E-state index contributed by atoms with van der Waals surface area (Å²) in [4.78, 5) is 13.5. The maximum Gasteiger partial charge on any atom is 0.240 e. The van der Waals surface area contributed by atoms with Gasteiger partial charge < -0.3 is 5.32 Å². The van der Waals surface area contributed by atoms with Gasteiger partial charge in [-0.15, -0.1) is 0 Å². The molecule has 3 heteroatoms. The molecule has 1 rings (SSSR count). The first kappa shape index (κ1) is 11.2. The van der Waals surface area contributed by atoms with E-state index in [1.165, 1.54) is 6.08 Å². The van der Waals surface area contributed by atoms with E-state index in [-0.39, 0.29) is 0 Å². The van der Waals surface area contributed by atoms with Crippen molar-refractivity contribution in [1.82, 2.24) is 5.32 Å². The van der Waals surface area contributed by atoms with Gasteiger partial charge >= 0.3 is 0 Å². The van der Waals surface area contributed by atoms with E-state index in [9.17, 15) is 4.79 Å². The van der Waals surface area contributed by atoms with Crippen LogP contribution < -0.4 is 5.32 Å². The molecule has 76 valence electrons. The Morgan fingerprint density at radius 3 is 2.67 bits per heavy atom. The van der Waals surface area contributed by atoms with Crippen LogP contribution in [0.3, 0.4) is 0 Å². The van der Waals surface area contributed by atoms with E-state index in [4.69, 9.17) is 0 Å². The predicted molar refractivity (Wildman–Crippen MR) is 59.6 cm³/mol. The molecule has 0 aromatic heterocycles. The van der Waals surface area contributed by atoms with Gasteiger partial charge in [-0.1, -0.05) is 11.8 Å². The van der Waals surface area contributed by atoms with Crippen LogP contribution in [-0.4, -0.2) is 19.7 Å². The monoisotopic (exact) mass is 200 g/mol. The van der Waals surface area contributed by atoms with Crippen molar-refractivity contribution in [2.45, 2.75) is 6.42 Å². The van der Waals surface area contributed by atoms with Crippen molar-refractivity contribution in [3.8, 4) is 11.8 Å². The third kappa shape index (κ3) is 4.24. The van der Waals surface area contributed by atoms with E-state index in [1.54, 1.807) is 12.1 Å². The zero-order chi connectivity index (χ0) is 10.9. The summed E-state index contributed by atoms with van der Waals surface area (Å²) in [6.07, 6.45) is 2.32. The second-order valence-electron chi connectivity index (χ2n) is 2.91. The third-order valence-electron chi connectivity index (χ3n) is 1.77. The topological polar surface area (TPSA) is 41.5 Å². The minimum atomic E-state index is 0.603. The molecule has 0 radical (unpaired) electrons. The smallest absolute Gasteiger partial charge is 0.240 e. The molecule has 0 aliphatic rings. The van der Waals surface area contributed by atoms with Crippen molar-refractivity contribution >= 4 is 11.8 Å². The standard InChI is InChI=1S/C12H12N2O/c1-13-9-3-2-4-11-5-7-12(8-6-11)14-10-15/h5-8,13H,3,9H2,1H3. The molecule has 0 saturated heterocycles. The van der Waals surface area contributed by atoms with Gasteiger partial charge in [0.05, 0.1) is 5.69 Å². The van der Waals surface area contributed by atoms with E-state index in [0.29, 0.717) is 5.69 Å². The molecule has 0 bridgehead atoms. The molecule has 0 amide bonds. The Kier molecular flexibility index (Phi) is 4.89. The van der Waals surface area contributed by atoms with Gasteiger partial charge in [-0.3, -0.25) is 0 Å². The van der Waals surface area contributed by atoms with E-state index < -0.39 is 0 Å². The van der Waals surface area contributed by atoms with Crippen LogP contribution in [0.5, 0.6) is 0 Å². The summed E-state index contributed by atoms with van der Waals surface area (Å²) < 4.78 is 0. The average molecular weight is 200 g/mol. The summed E-state index contributed by atoms with van der Waals surface area (Å²) in [7, 11) is 1.90. The number of rotatable bonds is 3. The Morgan fingerprint density at radius 1 is 1.33 bits per heavy atom. The number of benzene rings is 1. The summed E-state index contributed by atoms with van der Waals surface area (Å²) >= 11 is 0. The van der Waals surface area contributed by atoms with Gasteiger partial charge in [0.25, 0.3) is 0 Å². The lowest BCUT2D eigenvalue weighted by Gasteiger charge is -1.91. The Bertz CT molecular complexity index is 405. The van der Waals surface area contributed by atoms with Crippen LogP contribution in [0.15, 0.2) is 29.3 Å². The second-order valence-corrected chi connectivity index (χ2v) is 2.91. The molecule has 0 fully saturated rings. The SMILES string of the molecule is CNCCC#Cc1ccc(N=C=O)cc1. The number of nitrogens with one attached hydrogen (secondary N) is 1. The molecule has 1 aromatic rings. The quantitative estimate of drug-likeness (QED) is 0.348. The number of isocyanates is 1. The molecule has 0 heterocycles. The summed E-state index contributed by atoms with van der Waals surface area (Å²) in [5.74, 6) is 6.05. The van der Waals surface area contributed by atoms with E-state index in [1.807, 2.05) is 19.2 Å². The fourth-order valence-corrected chi connectivity index (χ4v) is 1.02. The molecular weight excluding hydrogens is 188 g/mol. The number of aliphatic imine (C=N–C) groups is 1. The summed E-state index contributed by atoms with van der Waals surface area (Å²) in [6, 6.07) is 7.16. The molecule has 0 aliphatic heterocycles. The first-order valence-corrected chi connectivity index (χ1v) is 4.68. The van der Waals surface area contributed by atoms with Gasteiger partial charge in [-0.2, -0.15) is 4.99 Å². The first-order valence-electron chi connectivity index (χ1n) is 4.68. The molecule has 0 spiro atoms. The van der Waals surface area contributed by atoms with E-state index in [2.05, 4.69) is 22.2 Å². The molecule has 0 aliphatic carbocycles. The van der Waals surface area contributed by atoms with Gasteiger partial charge in [0.2, 0.25) is 6.08 Å². The van der Waals surface area contributed by atoms with Crippen LogP contribution in [0.1, 0.15) is 12.0 Å². The summed E-state index contributed by atoms with van der Waals surface area (Å²) in [5.41, 5.74) is 1.53. The van der Waals surface area contributed by atoms with Crippen LogP contribution in [0.4, 0.5) is 5.69 Å². The molecular formula is C12H12N2O. The van der Waals surface area contributed by atoms with Crippen molar-refractivity contribution < 1.29 is 4.79 Å². The van der Waals surface area contributed by atoms with Crippen molar-refractivity contribution in [2.24, 2.45) is 4.99 Å². The second kappa shape index (κ2) is 6.56. The predicted octanol–water partition coefficient (Wildman–Crippen LogP) is 1.61. The van der Waals surface area contributed by atoms with Crippen molar-refractivity contribution in [1.29, 1.82) is 0 Å². The Hall–Kier alpha value is -1.88. The van der Waals surface area contributed by atoms with Crippen molar-refractivity contribution in [2.75, 3.05) is 13.6 Å². The summed E-state index contributed by atoms with van der Waals surface area (Å²) in [6.45, 7) is 0.889. The lowest BCUT2D eigenvalue weighted by atomic mass is 10.2. The van der Waals surface area contributed by atoms with Gasteiger partial charge in [0.15, 0.2) is 0 Å². The first-order chi connectivity index (χ1) is 7.36. The highest BCUT2D eigenvalue weighted by Gasteiger charge is 1.88. The van der Waals surface area contributed by atoms with Gasteiger partial charge in [0.1, 0.15) is 0 Å². The number of hydrogen-bond acceptors (Lipinski definition) is 3. The molecule has 0 atom stereocenters. The largest absolute Gasteiger partial charge is 0.319 e. The highest BCUT2D eigenvalue weighted by Crippen LogP contribution is 2.11. The zero-order valence-corrected chi connectivity index (χ0v) is 8.58. The Labute approximate surface area is 89.2 Å². The average Bonchev–Trinajstić information content (AvgIpc) is 2.27. The summed E-state index contributed by atoms with van der Waals surface area (Å²) in [5, 5.41) is 3.02. The van der Waals surface area contributed by atoms with Crippen LogP contribution in [0, 0.1) is 11.8 Å². The van der Waals surface area contributed by atoms with Gasteiger partial charge in [-0.05, 0) is 31.3 Å². The number of carbonyl (C=O) groups excluding carboxylic acids is 1. The Morgan fingerprint density at radius 2 is 2.07 bits per heavy atom. The minimum absolute atomic E-state index is 0.603. The van der Waals surface area contributed by atoms with Gasteiger partial charge in [0, 0.05) is 18.5 Å². The maximum atomic E-state index is 9.98. The van der Waals surface area contributed by atoms with Crippen LogP contribution in [-0.2, 0) is 4.79 Å². The lowest BCUT2D eigenvalue weighted by molar-refractivity contribution is 0.565. The van der Waals surface area contributed by atoms with Crippen molar-refractivity contribution in [3.05, 3.63) is 29.8 Å². The highest BCUT2D eigenvalue weighted by atomic mass is 16.1. The third-order valence-corrected chi connectivity index (χ3v) is 1.77. The lowest BCUT2D eigenvalue weighted by Crippen LogP contribution is -2.05. The van der Waals surface area contributed by atoms with E-state index in [0.717, 1.165) is 18.5 Å². The highest BCUT2D eigenvalue weighted by molar-refractivity contribution is 5.51. The zero-order valence-electron chi connectivity index (χ0n) is 8.58. The van der Waals surface area contributed by atoms with E-state index >= 15 is 0 Å². The number of nitrogens with zero attached hydrogens (tertiary/aromatic N) is 1. The van der Waals surface area contributed by atoms with Gasteiger partial charge in [-0.25, -0.2) is 4.79 Å². The molecule has 1 aromatic carbocycles. The molecule has 0 saturated carbocycles. The molecule has 3 nitrogen and oxygen atoms in total. The number of hydrogen-bond donors (Lipinski definition) is 1. The Balaban J connectivity index is 2.62. The minimum Gasteiger partial charge on any atom is -0.319 e. The van der Waals surface area contributed by atoms with Crippen LogP contribution in [0.2, 0.25) is 0 Å². The van der Waals surface area contributed by atoms with Crippen molar-refractivity contribution in [3.63, 3.8) is 0 Å². The fourth-order valence-electron chi connectivity index (χ4n) is 1.02. The fraction of sp³-hybridized carbons (Fsp3) is 0.250. The van der Waals surface area contributed by atoms with Crippen LogP contribution in [0.25, 0.3) is 0 Å².